The zero-order valence-corrected chi connectivity index (χ0v) is 18.0. The molecule has 1 saturated heterocycles. The van der Waals surface area contributed by atoms with E-state index < -0.39 is 17.7 Å². The molecule has 0 radical (unpaired) electrons. The van der Waals surface area contributed by atoms with Gasteiger partial charge in [-0.15, -0.1) is 0 Å². The van der Waals surface area contributed by atoms with Gasteiger partial charge in [0, 0.05) is 44.5 Å². The Morgan fingerprint density at radius 3 is 2.66 bits per heavy atom. The van der Waals surface area contributed by atoms with E-state index in [1.54, 1.807) is 18.2 Å². The predicted octanol–water partition coefficient (Wildman–Crippen LogP) is 1.22. The summed E-state index contributed by atoms with van der Waals surface area (Å²) in [4.78, 5) is 40.6. The summed E-state index contributed by atoms with van der Waals surface area (Å²) in [5.41, 5.74) is 8.44. The molecule has 1 atom stereocenters. The third kappa shape index (κ3) is 4.74. The fourth-order valence-electron chi connectivity index (χ4n) is 4.15. The van der Waals surface area contributed by atoms with Crippen LogP contribution in [0.4, 0.5) is 5.69 Å². The van der Waals surface area contributed by atoms with E-state index in [0.717, 1.165) is 13.1 Å². The van der Waals surface area contributed by atoms with Crippen molar-refractivity contribution < 1.29 is 14.0 Å². The molecule has 2 amide bonds. The van der Waals surface area contributed by atoms with Crippen LogP contribution in [0.1, 0.15) is 12.5 Å². The fourth-order valence-corrected chi connectivity index (χ4v) is 4.15. The summed E-state index contributed by atoms with van der Waals surface area (Å²) in [6.07, 6.45) is 0. The Kier molecular flexibility index (Phi) is 6.38. The van der Waals surface area contributed by atoms with E-state index in [1.807, 2.05) is 42.2 Å². The van der Waals surface area contributed by atoms with Gasteiger partial charge < -0.3 is 15.5 Å². The number of piperazine rings is 1. The maximum Gasteiger partial charge on any atom is 0.419 e. The number of hydrogen-bond acceptors (Lipinski definition) is 6. The lowest BCUT2D eigenvalue weighted by molar-refractivity contribution is -0.127. The summed E-state index contributed by atoms with van der Waals surface area (Å²) in [5.74, 6) is -1.13. The molecule has 0 spiro atoms. The van der Waals surface area contributed by atoms with Crippen molar-refractivity contribution in [1.82, 2.24) is 14.4 Å². The number of rotatable bonds is 7. The van der Waals surface area contributed by atoms with E-state index >= 15 is 0 Å². The second kappa shape index (κ2) is 9.37. The lowest BCUT2D eigenvalue weighted by Gasteiger charge is -2.39. The van der Waals surface area contributed by atoms with Gasteiger partial charge in [0.05, 0.1) is 12.1 Å². The lowest BCUT2D eigenvalue weighted by Crippen LogP contribution is -2.59. The zero-order chi connectivity index (χ0) is 22.7. The molecular weight excluding hydrogens is 410 g/mol. The normalized spacial score (nSPS) is 17.5. The maximum atomic E-state index is 12.7. The maximum absolute atomic E-state index is 12.7. The molecule has 9 heteroatoms. The van der Waals surface area contributed by atoms with Crippen molar-refractivity contribution in [1.29, 1.82) is 0 Å². The number of hydrogen-bond donors (Lipinski definition) is 2. The van der Waals surface area contributed by atoms with Gasteiger partial charge in [0.15, 0.2) is 5.58 Å². The van der Waals surface area contributed by atoms with Gasteiger partial charge in [-0.1, -0.05) is 30.3 Å². The number of carbonyl (C=O) groups is 2. The van der Waals surface area contributed by atoms with Crippen LogP contribution in [-0.2, 0) is 22.7 Å². The number of oxazole rings is 1. The molecule has 4 rings (SSSR count). The van der Waals surface area contributed by atoms with E-state index in [4.69, 9.17) is 10.2 Å². The number of anilines is 1. The minimum atomic E-state index is -0.544. The minimum Gasteiger partial charge on any atom is -0.408 e. The smallest absolute Gasteiger partial charge is 0.408 e. The van der Waals surface area contributed by atoms with E-state index in [1.165, 1.54) is 10.1 Å². The van der Waals surface area contributed by atoms with Crippen LogP contribution in [0.3, 0.4) is 0 Å². The molecule has 2 aromatic carbocycles. The molecule has 3 aromatic rings. The van der Waals surface area contributed by atoms with Crippen molar-refractivity contribution >= 4 is 28.6 Å². The Bertz CT molecular complexity index is 1170. The number of nitrogens with one attached hydrogen (secondary N) is 1. The summed E-state index contributed by atoms with van der Waals surface area (Å²) < 4.78 is 6.77. The number of fused-ring (bicyclic) bond motifs is 1. The Hall–Kier alpha value is -3.43. The van der Waals surface area contributed by atoms with Crippen molar-refractivity contribution in [3.63, 3.8) is 0 Å². The largest absolute Gasteiger partial charge is 0.419 e. The quantitative estimate of drug-likeness (QED) is 0.575. The zero-order valence-electron chi connectivity index (χ0n) is 18.0. The fraction of sp³-hybridized carbons (Fsp3) is 0.348. The van der Waals surface area contributed by atoms with E-state index in [-0.39, 0.29) is 12.5 Å². The number of nitrogens with two attached hydrogens (primary N) is 1. The highest BCUT2D eigenvalue weighted by molar-refractivity contribution is 5.94. The Morgan fingerprint density at radius 1 is 1.16 bits per heavy atom. The molecule has 168 valence electrons. The molecule has 0 aliphatic carbocycles. The molecule has 0 unspecified atom stereocenters. The van der Waals surface area contributed by atoms with Gasteiger partial charge in [-0.3, -0.25) is 24.0 Å². The van der Waals surface area contributed by atoms with Crippen LogP contribution in [0.2, 0.25) is 0 Å². The number of benzene rings is 2. The number of aryl methyl sites for hydroxylation is 1. The predicted molar refractivity (Wildman–Crippen MR) is 121 cm³/mol. The van der Waals surface area contributed by atoms with Gasteiger partial charge >= 0.3 is 5.76 Å². The second-order valence-corrected chi connectivity index (χ2v) is 7.95. The highest BCUT2D eigenvalue weighted by Crippen LogP contribution is 2.19. The molecule has 3 N–H and O–H groups in total. The third-order valence-corrected chi connectivity index (χ3v) is 5.77. The van der Waals surface area contributed by atoms with Crippen LogP contribution in [0.5, 0.6) is 0 Å². The molecule has 2 heterocycles. The van der Waals surface area contributed by atoms with Crippen LogP contribution in [0, 0.1) is 0 Å². The van der Waals surface area contributed by atoms with Gasteiger partial charge in [-0.25, -0.2) is 4.79 Å². The number of primary amides is 1. The Balaban J connectivity index is 1.39. The van der Waals surface area contributed by atoms with Crippen LogP contribution >= 0.6 is 0 Å². The summed E-state index contributed by atoms with van der Waals surface area (Å²) >= 11 is 0. The SMILES string of the molecule is CCn1c(=O)oc2cc(NC(=O)CN3CCN(Cc4ccccc4)C[C@H]3C(N)=O)ccc21. The first-order valence-corrected chi connectivity index (χ1v) is 10.7. The van der Waals surface area contributed by atoms with Crippen molar-refractivity contribution in [3.05, 3.63) is 64.6 Å². The first kappa shape index (κ1) is 21.8. The second-order valence-electron chi connectivity index (χ2n) is 7.95. The van der Waals surface area contributed by atoms with Crippen LogP contribution in [-0.4, -0.2) is 58.4 Å². The lowest BCUT2D eigenvalue weighted by atomic mass is 10.1. The summed E-state index contributed by atoms with van der Waals surface area (Å²) in [6.45, 7) is 4.90. The van der Waals surface area contributed by atoms with Crippen molar-refractivity contribution in [2.24, 2.45) is 5.73 Å². The van der Waals surface area contributed by atoms with Gasteiger partial charge in [0.25, 0.3) is 0 Å². The number of carbonyl (C=O) groups excluding carboxylic acids is 2. The van der Waals surface area contributed by atoms with E-state index in [2.05, 4.69) is 10.2 Å². The molecule has 1 aliphatic heterocycles. The van der Waals surface area contributed by atoms with Crippen LogP contribution in [0.15, 0.2) is 57.7 Å². The van der Waals surface area contributed by atoms with Crippen LogP contribution in [0.25, 0.3) is 11.1 Å². The molecule has 0 saturated carbocycles. The Morgan fingerprint density at radius 2 is 1.94 bits per heavy atom. The minimum absolute atomic E-state index is 0.0464. The van der Waals surface area contributed by atoms with Crippen LogP contribution < -0.4 is 16.8 Å². The summed E-state index contributed by atoms with van der Waals surface area (Å²) in [5, 5.41) is 2.82. The highest BCUT2D eigenvalue weighted by Gasteiger charge is 2.32. The summed E-state index contributed by atoms with van der Waals surface area (Å²) in [6, 6.07) is 14.6. The third-order valence-electron chi connectivity index (χ3n) is 5.77. The molecule has 32 heavy (non-hydrogen) atoms. The van der Waals surface area contributed by atoms with Gasteiger partial charge in [-0.2, -0.15) is 0 Å². The first-order chi connectivity index (χ1) is 15.4. The monoisotopic (exact) mass is 437 g/mol. The Labute approximate surface area is 185 Å². The molecule has 1 fully saturated rings. The molecule has 9 nitrogen and oxygen atoms in total. The number of nitrogens with zero attached hydrogens (tertiary/aromatic N) is 3. The highest BCUT2D eigenvalue weighted by atomic mass is 16.4. The van der Waals surface area contributed by atoms with Gasteiger partial charge in [0.1, 0.15) is 6.04 Å². The van der Waals surface area contributed by atoms with Gasteiger partial charge in [-0.05, 0) is 24.6 Å². The average molecular weight is 438 g/mol. The van der Waals surface area contributed by atoms with E-state index in [9.17, 15) is 14.4 Å². The summed E-state index contributed by atoms with van der Waals surface area (Å²) in [7, 11) is 0. The van der Waals surface area contributed by atoms with Crippen molar-refractivity contribution in [3.8, 4) is 0 Å². The average Bonchev–Trinajstić information content (AvgIpc) is 3.09. The van der Waals surface area contributed by atoms with E-state index in [0.29, 0.717) is 36.4 Å². The van der Waals surface area contributed by atoms with Crippen molar-refractivity contribution in [2.45, 2.75) is 26.1 Å². The molecule has 1 aliphatic rings. The number of aromatic nitrogens is 1. The van der Waals surface area contributed by atoms with Crippen molar-refractivity contribution in [2.75, 3.05) is 31.5 Å². The first-order valence-electron chi connectivity index (χ1n) is 10.7. The molecular formula is C23H27N5O4. The van der Waals surface area contributed by atoms with Gasteiger partial charge in [0.2, 0.25) is 11.8 Å². The standard InChI is InChI=1S/C23H27N5O4/c1-2-28-18-9-8-17(12-20(18)32-23(28)31)25-21(29)15-27-11-10-26(14-19(27)22(24)30)13-16-6-4-3-5-7-16/h3-9,12,19H,2,10-11,13-15H2,1H3,(H2,24,30)(H,25,29)/t19-/m0/s1. The topological polar surface area (TPSA) is 114 Å². The molecule has 1 aromatic heterocycles. The molecule has 0 bridgehead atoms. The number of amides is 2.